The van der Waals surface area contributed by atoms with E-state index in [0.29, 0.717) is 5.13 Å². The third-order valence-electron chi connectivity index (χ3n) is 2.08. The molecule has 0 fully saturated rings. The maximum absolute atomic E-state index is 5.61. The van der Waals surface area contributed by atoms with Crippen LogP contribution < -0.4 is 5.73 Å². The van der Waals surface area contributed by atoms with Gasteiger partial charge in [0.25, 0.3) is 0 Å². The number of thiazole rings is 1. The Balaban J connectivity index is 0.000000750. The van der Waals surface area contributed by atoms with E-state index < -0.39 is 0 Å². The summed E-state index contributed by atoms with van der Waals surface area (Å²) in [5.41, 5.74) is 8.11. The van der Waals surface area contributed by atoms with Gasteiger partial charge in [-0.2, -0.15) is 0 Å². The molecule has 0 spiro atoms. The van der Waals surface area contributed by atoms with Gasteiger partial charge in [0.2, 0.25) is 0 Å². The molecule has 0 aliphatic heterocycles. The molecule has 0 saturated heterocycles. The minimum atomic E-state index is 0. The maximum Gasteiger partial charge on any atom is 0.180 e. The van der Waals surface area contributed by atoms with Crippen LogP contribution in [0, 0.1) is 0 Å². The van der Waals surface area contributed by atoms with E-state index in [9.17, 15) is 0 Å². The number of anilines is 1. The minimum Gasteiger partial charge on any atom is -0.375 e. The van der Waals surface area contributed by atoms with Gasteiger partial charge in [0.15, 0.2) is 10.8 Å². The summed E-state index contributed by atoms with van der Waals surface area (Å²) in [4.78, 5) is 5.38. The van der Waals surface area contributed by atoms with Crippen molar-refractivity contribution in [1.82, 2.24) is 15.3 Å². The number of fused-ring (bicyclic) bond motifs is 3. The molecular weight excluding hydrogens is 268 g/mol. The van der Waals surface area contributed by atoms with Crippen LogP contribution in [-0.4, -0.2) is 15.3 Å². The first kappa shape index (κ1) is 9.60. The molecular formula is C7H7BrN4OS. The number of halogens is 1. The van der Waals surface area contributed by atoms with E-state index in [4.69, 9.17) is 5.73 Å². The zero-order valence-electron chi connectivity index (χ0n) is 7.06. The number of nitrogens with zero attached hydrogens (tertiary/aromatic N) is 3. The van der Waals surface area contributed by atoms with Gasteiger partial charge in [0.05, 0.1) is 0 Å². The van der Waals surface area contributed by atoms with Gasteiger partial charge in [-0.25, -0.2) is 9.61 Å². The van der Waals surface area contributed by atoms with E-state index in [2.05, 4.69) is 19.9 Å². The largest absolute Gasteiger partial charge is 0.375 e. The monoisotopic (exact) mass is 274 g/mol. The van der Waals surface area contributed by atoms with Crippen LogP contribution in [0.5, 0.6) is 0 Å². The minimum absolute atomic E-state index is 0. The summed E-state index contributed by atoms with van der Waals surface area (Å²) >= 11 is 1.51. The number of aromatic nitrogens is 3. The lowest BCUT2D eigenvalue weighted by molar-refractivity contribution is 0.304. The molecule has 3 rings (SSSR count). The van der Waals surface area contributed by atoms with E-state index in [-0.39, 0.29) is 17.0 Å². The summed E-state index contributed by atoms with van der Waals surface area (Å²) in [5.74, 6) is 0. The molecule has 2 N–H and O–H groups in total. The van der Waals surface area contributed by atoms with E-state index in [1.54, 1.807) is 0 Å². The van der Waals surface area contributed by atoms with Gasteiger partial charge in [-0.05, 0) is 11.6 Å². The molecule has 0 radical (unpaired) electrons. The highest BCUT2D eigenvalue weighted by molar-refractivity contribution is 8.93. The summed E-state index contributed by atoms with van der Waals surface area (Å²) in [6, 6.07) is 0. The van der Waals surface area contributed by atoms with Crippen molar-refractivity contribution < 1.29 is 4.63 Å². The van der Waals surface area contributed by atoms with E-state index in [0.717, 1.165) is 29.9 Å². The van der Waals surface area contributed by atoms with Gasteiger partial charge in [0.1, 0.15) is 11.4 Å². The van der Waals surface area contributed by atoms with Gasteiger partial charge in [0, 0.05) is 11.3 Å². The zero-order valence-corrected chi connectivity index (χ0v) is 9.59. The first-order valence-electron chi connectivity index (χ1n) is 3.91. The first-order chi connectivity index (χ1) is 6.34. The predicted molar refractivity (Wildman–Crippen MR) is 57.5 cm³/mol. The predicted octanol–water partition coefficient (Wildman–Crippen LogP) is 1.45. The Morgan fingerprint density at radius 3 is 2.93 bits per heavy atom. The van der Waals surface area contributed by atoms with Crippen LogP contribution in [0.2, 0.25) is 0 Å². The van der Waals surface area contributed by atoms with Gasteiger partial charge in [-0.3, -0.25) is 0 Å². The van der Waals surface area contributed by atoms with E-state index in [1.165, 1.54) is 16.2 Å². The van der Waals surface area contributed by atoms with E-state index >= 15 is 0 Å². The summed E-state index contributed by atoms with van der Waals surface area (Å²) < 4.78 is 4.66. The summed E-state index contributed by atoms with van der Waals surface area (Å²) in [6.07, 6.45) is 1.80. The molecule has 2 aromatic heterocycles. The SMILES string of the molecule is Br.Nc1nc2c(s1)CCc1nonc1-2. The van der Waals surface area contributed by atoms with Crippen LogP contribution in [0.4, 0.5) is 5.13 Å². The highest BCUT2D eigenvalue weighted by Gasteiger charge is 2.24. The van der Waals surface area contributed by atoms with Crippen LogP contribution >= 0.6 is 28.3 Å². The van der Waals surface area contributed by atoms with Crippen molar-refractivity contribution >= 4 is 33.4 Å². The van der Waals surface area contributed by atoms with Gasteiger partial charge in [-0.15, -0.1) is 28.3 Å². The topological polar surface area (TPSA) is 77.8 Å². The smallest absolute Gasteiger partial charge is 0.180 e. The molecule has 0 atom stereocenters. The standard InChI is InChI=1S/C7H6N4OS.BrH/c8-7-9-6-4(13-7)2-1-3-5(6)11-12-10-3;/h1-2H2,(H2,8,9);1H. The normalized spacial score (nSPS) is 12.9. The quantitative estimate of drug-likeness (QED) is 0.787. The van der Waals surface area contributed by atoms with Crippen molar-refractivity contribution in [2.75, 3.05) is 5.73 Å². The molecule has 74 valence electrons. The number of hydrogen-bond donors (Lipinski definition) is 1. The summed E-state index contributed by atoms with van der Waals surface area (Å²) in [7, 11) is 0. The fourth-order valence-electron chi connectivity index (χ4n) is 1.51. The number of aryl methyl sites for hydroxylation is 2. The lowest BCUT2D eigenvalue weighted by Gasteiger charge is -2.04. The molecule has 1 aliphatic rings. The van der Waals surface area contributed by atoms with Crippen molar-refractivity contribution in [3.05, 3.63) is 10.6 Å². The fraction of sp³-hybridized carbons (Fsp3) is 0.286. The molecule has 14 heavy (non-hydrogen) atoms. The molecule has 0 aromatic carbocycles. The van der Waals surface area contributed by atoms with Crippen molar-refractivity contribution in [3.63, 3.8) is 0 Å². The fourth-order valence-corrected chi connectivity index (χ4v) is 2.34. The number of rotatable bonds is 0. The third kappa shape index (κ3) is 1.24. The molecule has 0 saturated carbocycles. The Kier molecular flexibility index (Phi) is 2.28. The zero-order chi connectivity index (χ0) is 8.84. The van der Waals surface area contributed by atoms with Crippen LogP contribution in [0.1, 0.15) is 10.6 Å². The van der Waals surface area contributed by atoms with Gasteiger partial charge >= 0.3 is 0 Å². The van der Waals surface area contributed by atoms with Crippen LogP contribution in [0.25, 0.3) is 11.4 Å². The molecule has 0 amide bonds. The molecule has 0 bridgehead atoms. The van der Waals surface area contributed by atoms with Crippen molar-refractivity contribution in [1.29, 1.82) is 0 Å². The molecule has 2 heterocycles. The molecule has 2 aromatic rings. The number of nitrogen functional groups attached to an aromatic ring is 1. The average Bonchev–Trinajstić information content (AvgIpc) is 2.65. The second kappa shape index (κ2) is 3.32. The van der Waals surface area contributed by atoms with Crippen molar-refractivity contribution in [3.8, 4) is 11.4 Å². The van der Waals surface area contributed by atoms with Crippen LogP contribution in [0.15, 0.2) is 4.63 Å². The number of hydrogen-bond acceptors (Lipinski definition) is 6. The van der Waals surface area contributed by atoms with Gasteiger partial charge in [-0.1, -0.05) is 5.16 Å². The van der Waals surface area contributed by atoms with Crippen LogP contribution in [0.3, 0.4) is 0 Å². The highest BCUT2D eigenvalue weighted by atomic mass is 79.9. The maximum atomic E-state index is 5.61. The molecule has 7 heteroatoms. The van der Waals surface area contributed by atoms with Crippen LogP contribution in [-0.2, 0) is 12.8 Å². The first-order valence-corrected chi connectivity index (χ1v) is 4.73. The molecule has 0 unspecified atom stereocenters. The lowest BCUT2D eigenvalue weighted by atomic mass is 10.0. The Hall–Kier alpha value is -0.950. The van der Waals surface area contributed by atoms with E-state index in [1.807, 2.05) is 0 Å². The summed E-state index contributed by atoms with van der Waals surface area (Å²) in [5, 5.41) is 8.20. The second-order valence-corrected chi connectivity index (χ2v) is 4.00. The van der Waals surface area contributed by atoms with Gasteiger partial charge < -0.3 is 5.73 Å². The highest BCUT2D eigenvalue weighted by Crippen LogP contribution is 2.34. The second-order valence-electron chi connectivity index (χ2n) is 2.88. The summed E-state index contributed by atoms with van der Waals surface area (Å²) in [6.45, 7) is 0. The number of nitrogens with two attached hydrogens (primary N) is 1. The Labute approximate surface area is 94.1 Å². The molecule has 5 nitrogen and oxygen atoms in total. The lowest BCUT2D eigenvalue weighted by Crippen LogP contribution is -2.01. The van der Waals surface area contributed by atoms with Crippen molar-refractivity contribution in [2.24, 2.45) is 0 Å². The Morgan fingerprint density at radius 2 is 2.07 bits per heavy atom. The average molecular weight is 275 g/mol. The molecule has 1 aliphatic carbocycles. The Bertz CT molecular complexity index is 466. The van der Waals surface area contributed by atoms with Crippen molar-refractivity contribution in [2.45, 2.75) is 12.8 Å². The third-order valence-corrected chi connectivity index (χ3v) is 3.03. The Morgan fingerprint density at radius 1 is 1.21 bits per heavy atom.